The highest BCUT2D eigenvalue weighted by atomic mass is 32.2. The SMILES string of the molecule is CCOc1cc(/C=C2/SC(=S)N(Cc3ccccc3)C2=O)ccc1OCCCOc1ccc(C(C)(C)C)cc1. The molecule has 0 radical (unpaired) electrons. The summed E-state index contributed by atoms with van der Waals surface area (Å²) in [5.74, 6) is 2.08. The molecule has 0 N–H and O–H groups in total. The van der Waals surface area contributed by atoms with Crippen LogP contribution in [0.2, 0.25) is 0 Å². The minimum absolute atomic E-state index is 0.0832. The molecular formula is C32H35NO4S2. The van der Waals surface area contributed by atoms with Crippen LogP contribution in [0.3, 0.4) is 0 Å². The zero-order chi connectivity index (χ0) is 27.8. The molecule has 0 spiro atoms. The van der Waals surface area contributed by atoms with Crippen molar-refractivity contribution in [3.8, 4) is 17.2 Å². The number of hydrogen-bond donors (Lipinski definition) is 0. The average molecular weight is 562 g/mol. The van der Waals surface area contributed by atoms with E-state index < -0.39 is 0 Å². The summed E-state index contributed by atoms with van der Waals surface area (Å²) in [6, 6.07) is 23.8. The molecule has 0 bridgehead atoms. The summed E-state index contributed by atoms with van der Waals surface area (Å²) in [6.45, 7) is 10.6. The maximum atomic E-state index is 13.0. The molecule has 204 valence electrons. The second-order valence-corrected chi connectivity index (χ2v) is 11.9. The summed E-state index contributed by atoms with van der Waals surface area (Å²) < 4.78 is 18.3. The molecular weight excluding hydrogens is 526 g/mol. The van der Waals surface area contributed by atoms with E-state index in [9.17, 15) is 4.79 Å². The van der Waals surface area contributed by atoms with Gasteiger partial charge in [0.25, 0.3) is 5.91 Å². The Bertz CT molecular complexity index is 1310. The number of hydrogen-bond acceptors (Lipinski definition) is 6. The second-order valence-electron chi connectivity index (χ2n) is 10.2. The molecule has 1 fully saturated rings. The van der Waals surface area contributed by atoms with Crippen molar-refractivity contribution in [3.63, 3.8) is 0 Å². The van der Waals surface area contributed by atoms with Gasteiger partial charge in [-0.15, -0.1) is 0 Å². The first-order chi connectivity index (χ1) is 18.7. The molecule has 5 nitrogen and oxygen atoms in total. The highest BCUT2D eigenvalue weighted by Crippen LogP contribution is 2.35. The van der Waals surface area contributed by atoms with Crippen LogP contribution in [0.15, 0.2) is 77.7 Å². The minimum Gasteiger partial charge on any atom is -0.493 e. The Kier molecular flexibility index (Phi) is 9.70. The number of ether oxygens (including phenoxy) is 3. The molecule has 1 saturated heterocycles. The number of benzene rings is 3. The lowest BCUT2D eigenvalue weighted by Crippen LogP contribution is -2.27. The van der Waals surface area contributed by atoms with Gasteiger partial charge in [0.15, 0.2) is 11.5 Å². The molecule has 1 amide bonds. The Morgan fingerprint density at radius 2 is 1.62 bits per heavy atom. The number of amides is 1. The fraction of sp³-hybridized carbons (Fsp3) is 0.312. The Morgan fingerprint density at radius 1 is 0.897 bits per heavy atom. The van der Waals surface area contributed by atoms with Gasteiger partial charge in [0, 0.05) is 6.42 Å². The number of thioether (sulfide) groups is 1. The monoisotopic (exact) mass is 561 g/mol. The zero-order valence-corrected chi connectivity index (χ0v) is 24.6. The molecule has 0 saturated carbocycles. The first kappa shape index (κ1) is 28.7. The van der Waals surface area contributed by atoms with Crippen molar-refractivity contribution in [1.82, 2.24) is 4.90 Å². The Labute approximate surface area is 241 Å². The molecule has 1 aliphatic rings. The van der Waals surface area contributed by atoms with E-state index in [1.54, 1.807) is 4.90 Å². The van der Waals surface area contributed by atoms with Gasteiger partial charge in [0.1, 0.15) is 10.1 Å². The number of carbonyl (C=O) groups excluding carboxylic acids is 1. The van der Waals surface area contributed by atoms with E-state index in [1.165, 1.54) is 17.3 Å². The molecule has 39 heavy (non-hydrogen) atoms. The van der Waals surface area contributed by atoms with E-state index in [0.717, 1.165) is 23.3 Å². The fourth-order valence-electron chi connectivity index (χ4n) is 4.04. The molecule has 0 unspecified atom stereocenters. The van der Waals surface area contributed by atoms with Crippen LogP contribution in [0.1, 0.15) is 50.8 Å². The molecule has 0 atom stereocenters. The fourth-order valence-corrected chi connectivity index (χ4v) is 5.29. The van der Waals surface area contributed by atoms with Crippen molar-refractivity contribution < 1.29 is 19.0 Å². The summed E-state index contributed by atoms with van der Waals surface area (Å²) in [7, 11) is 0. The molecule has 3 aromatic carbocycles. The van der Waals surface area contributed by atoms with Crippen LogP contribution in [0.4, 0.5) is 0 Å². The Balaban J connectivity index is 1.33. The van der Waals surface area contributed by atoms with Gasteiger partial charge >= 0.3 is 0 Å². The summed E-state index contributed by atoms with van der Waals surface area (Å²) >= 11 is 6.81. The Morgan fingerprint density at radius 3 is 2.31 bits per heavy atom. The third-order valence-corrected chi connectivity index (χ3v) is 7.54. The van der Waals surface area contributed by atoms with E-state index in [1.807, 2.05) is 73.7 Å². The quantitative estimate of drug-likeness (QED) is 0.136. The van der Waals surface area contributed by atoms with Gasteiger partial charge < -0.3 is 14.2 Å². The van der Waals surface area contributed by atoms with Gasteiger partial charge in [-0.05, 0) is 59.4 Å². The average Bonchev–Trinajstić information content (AvgIpc) is 3.17. The van der Waals surface area contributed by atoms with Crippen LogP contribution in [0, 0.1) is 0 Å². The van der Waals surface area contributed by atoms with Crippen molar-refractivity contribution in [2.45, 2.75) is 46.1 Å². The molecule has 0 aromatic heterocycles. The van der Waals surface area contributed by atoms with E-state index >= 15 is 0 Å². The van der Waals surface area contributed by atoms with Gasteiger partial charge in [-0.1, -0.05) is 93.3 Å². The van der Waals surface area contributed by atoms with E-state index in [2.05, 4.69) is 32.9 Å². The first-order valence-corrected chi connectivity index (χ1v) is 14.4. The smallest absolute Gasteiger partial charge is 0.266 e. The summed E-state index contributed by atoms with van der Waals surface area (Å²) in [5, 5.41) is 0. The van der Waals surface area contributed by atoms with Gasteiger partial charge in [0.05, 0.1) is 31.3 Å². The van der Waals surface area contributed by atoms with Crippen molar-refractivity contribution in [2.24, 2.45) is 0 Å². The van der Waals surface area contributed by atoms with E-state index in [4.69, 9.17) is 26.4 Å². The molecule has 1 heterocycles. The number of nitrogens with zero attached hydrogens (tertiary/aromatic N) is 1. The number of thiocarbonyl (C=S) groups is 1. The minimum atomic E-state index is -0.0832. The van der Waals surface area contributed by atoms with E-state index in [-0.39, 0.29) is 11.3 Å². The van der Waals surface area contributed by atoms with Gasteiger partial charge in [-0.2, -0.15) is 0 Å². The summed E-state index contributed by atoms with van der Waals surface area (Å²) in [5.41, 5.74) is 3.30. The lowest BCUT2D eigenvalue weighted by molar-refractivity contribution is -0.122. The highest BCUT2D eigenvalue weighted by Gasteiger charge is 2.32. The van der Waals surface area contributed by atoms with Gasteiger partial charge in [-0.3, -0.25) is 9.69 Å². The van der Waals surface area contributed by atoms with Crippen LogP contribution in [-0.4, -0.2) is 34.9 Å². The molecule has 1 aliphatic heterocycles. The number of rotatable bonds is 11. The van der Waals surface area contributed by atoms with Crippen molar-refractivity contribution in [3.05, 3.63) is 94.4 Å². The van der Waals surface area contributed by atoms with Crippen molar-refractivity contribution in [2.75, 3.05) is 19.8 Å². The maximum Gasteiger partial charge on any atom is 0.266 e. The highest BCUT2D eigenvalue weighted by molar-refractivity contribution is 8.26. The topological polar surface area (TPSA) is 48.0 Å². The predicted octanol–water partition coefficient (Wildman–Crippen LogP) is 7.63. The zero-order valence-electron chi connectivity index (χ0n) is 22.9. The third kappa shape index (κ3) is 7.87. The van der Waals surface area contributed by atoms with Gasteiger partial charge in [0.2, 0.25) is 0 Å². The third-order valence-electron chi connectivity index (χ3n) is 6.16. The van der Waals surface area contributed by atoms with Crippen molar-refractivity contribution in [1.29, 1.82) is 0 Å². The second kappa shape index (κ2) is 13.2. The molecule has 3 aromatic rings. The molecule has 0 aliphatic carbocycles. The maximum absolute atomic E-state index is 13.0. The van der Waals surface area contributed by atoms with Crippen LogP contribution in [0.25, 0.3) is 6.08 Å². The van der Waals surface area contributed by atoms with Crippen molar-refractivity contribution >= 4 is 40.3 Å². The normalized spacial score (nSPS) is 14.7. The lowest BCUT2D eigenvalue weighted by Gasteiger charge is -2.19. The van der Waals surface area contributed by atoms with Gasteiger partial charge in [-0.25, -0.2) is 0 Å². The van der Waals surface area contributed by atoms with Crippen LogP contribution < -0.4 is 14.2 Å². The summed E-state index contributed by atoms with van der Waals surface area (Å²) in [6.07, 6.45) is 2.59. The van der Waals surface area contributed by atoms with Crippen LogP contribution >= 0.6 is 24.0 Å². The summed E-state index contributed by atoms with van der Waals surface area (Å²) in [4.78, 5) is 15.3. The van der Waals surface area contributed by atoms with Crippen LogP contribution in [0.5, 0.6) is 17.2 Å². The largest absolute Gasteiger partial charge is 0.493 e. The lowest BCUT2D eigenvalue weighted by atomic mass is 9.87. The first-order valence-electron chi connectivity index (χ1n) is 13.2. The van der Waals surface area contributed by atoms with E-state index in [0.29, 0.717) is 47.1 Å². The molecule has 4 rings (SSSR count). The number of carbonyl (C=O) groups is 1. The standard InChI is InChI=1S/C32H35NO4S2/c1-5-35-28-20-24(21-29-30(34)33(31(38)39-29)22-23-10-7-6-8-11-23)12-17-27(28)37-19-9-18-36-26-15-13-25(14-16-26)32(2,3)4/h6-8,10-17,20-21H,5,9,18-19,22H2,1-4H3/b29-21+. The predicted molar refractivity (Wildman–Crippen MR) is 164 cm³/mol. The van der Waals surface area contributed by atoms with Crippen LogP contribution in [-0.2, 0) is 16.8 Å². The molecule has 7 heteroatoms. The Hall–Kier alpha value is -3.29.